The Kier molecular flexibility index (Phi) is 3.92. The largest absolute Gasteiger partial charge is 0.493 e. The van der Waals surface area contributed by atoms with Crippen LogP contribution >= 0.6 is 0 Å². The minimum absolute atomic E-state index is 0.0378. The van der Waals surface area contributed by atoms with E-state index in [1.165, 1.54) is 11.8 Å². The van der Waals surface area contributed by atoms with Gasteiger partial charge in [-0.05, 0) is 42.5 Å². The summed E-state index contributed by atoms with van der Waals surface area (Å²) in [4.78, 5) is 0. The summed E-state index contributed by atoms with van der Waals surface area (Å²) in [6, 6.07) is 5.94. The first-order valence-electron chi connectivity index (χ1n) is 6.14. The Balaban J connectivity index is 2.04. The second-order valence-corrected chi connectivity index (χ2v) is 7.10. The van der Waals surface area contributed by atoms with Crippen molar-refractivity contribution in [1.82, 2.24) is 0 Å². The zero-order chi connectivity index (χ0) is 13.2. The van der Waals surface area contributed by atoms with Gasteiger partial charge in [-0.1, -0.05) is 6.07 Å². The van der Waals surface area contributed by atoms with E-state index in [-0.39, 0.29) is 18.4 Å². The number of nitrogens with two attached hydrogens (primary N) is 1. The highest BCUT2D eigenvalue weighted by atomic mass is 32.2. The number of aryl methyl sites for hydroxylation is 1. The third kappa shape index (κ3) is 3.46. The Morgan fingerprint density at radius 3 is 2.94 bits per heavy atom. The molecule has 0 aliphatic heterocycles. The van der Waals surface area contributed by atoms with Gasteiger partial charge in [0.05, 0.1) is 5.75 Å². The first-order chi connectivity index (χ1) is 8.46. The van der Waals surface area contributed by atoms with Gasteiger partial charge in [-0.3, -0.25) is 0 Å². The molecule has 18 heavy (non-hydrogen) atoms. The van der Waals surface area contributed by atoms with Crippen molar-refractivity contribution in [3.05, 3.63) is 29.3 Å². The summed E-state index contributed by atoms with van der Waals surface area (Å²) in [6.07, 6.45) is 4.40. The Hall–Kier alpha value is -1.07. The van der Waals surface area contributed by atoms with Gasteiger partial charge in [0.15, 0.2) is 9.84 Å². The van der Waals surface area contributed by atoms with E-state index in [1.807, 2.05) is 18.2 Å². The van der Waals surface area contributed by atoms with Crippen molar-refractivity contribution in [2.24, 2.45) is 5.73 Å². The Labute approximate surface area is 108 Å². The van der Waals surface area contributed by atoms with E-state index in [2.05, 4.69) is 0 Å². The number of fused-ring (bicyclic) bond motifs is 1. The molecule has 0 saturated heterocycles. The van der Waals surface area contributed by atoms with Gasteiger partial charge in [0.2, 0.25) is 0 Å². The van der Waals surface area contributed by atoms with Gasteiger partial charge in [0, 0.05) is 12.3 Å². The summed E-state index contributed by atoms with van der Waals surface area (Å²) in [7, 11) is -2.97. The van der Waals surface area contributed by atoms with E-state index in [9.17, 15) is 8.42 Å². The Bertz CT molecular complexity index is 525. The number of benzene rings is 1. The van der Waals surface area contributed by atoms with Crippen LogP contribution in [0.15, 0.2) is 18.2 Å². The van der Waals surface area contributed by atoms with Crippen LogP contribution < -0.4 is 10.5 Å². The molecular formula is C13H19NO3S. The fourth-order valence-electron chi connectivity index (χ4n) is 2.21. The summed E-state index contributed by atoms with van der Waals surface area (Å²) in [5, 5.41) is 0. The first-order valence-corrected chi connectivity index (χ1v) is 8.21. The van der Waals surface area contributed by atoms with E-state index in [1.54, 1.807) is 0 Å². The second-order valence-electron chi connectivity index (χ2n) is 4.84. The van der Waals surface area contributed by atoms with Crippen LogP contribution in [0.25, 0.3) is 0 Å². The van der Waals surface area contributed by atoms with Gasteiger partial charge in [-0.25, -0.2) is 8.42 Å². The predicted molar refractivity (Wildman–Crippen MR) is 71.5 cm³/mol. The lowest BCUT2D eigenvalue weighted by molar-refractivity contribution is 0.340. The zero-order valence-corrected chi connectivity index (χ0v) is 11.4. The van der Waals surface area contributed by atoms with E-state index in [0.29, 0.717) is 5.75 Å². The molecule has 1 aromatic carbocycles. The Morgan fingerprint density at radius 2 is 2.22 bits per heavy atom. The maximum Gasteiger partial charge on any atom is 0.150 e. The third-order valence-corrected chi connectivity index (χ3v) is 4.11. The number of hydrogen-bond donors (Lipinski definition) is 1. The normalized spacial score (nSPS) is 19.3. The number of sulfone groups is 1. The summed E-state index contributed by atoms with van der Waals surface area (Å²) in [5.41, 5.74) is 8.48. The molecule has 0 bridgehead atoms. The summed E-state index contributed by atoms with van der Waals surface area (Å²) in [5.74, 6) is 0.741. The molecule has 1 aliphatic carbocycles. The number of ether oxygens (including phenoxy) is 1. The topological polar surface area (TPSA) is 69.4 Å². The predicted octanol–water partition coefficient (Wildman–Crippen LogP) is 1.45. The SMILES string of the molecule is CS(=O)(=O)CCOc1ccc2c(c1)[C@H](N)CCC2. The van der Waals surface area contributed by atoms with Crippen molar-refractivity contribution >= 4 is 9.84 Å². The average molecular weight is 269 g/mol. The zero-order valence-electron chi connectivity index (χ0n) is 10.6. The summed E-state index contributed by atoms with van der Waals surface area (Å²) in [6.45, 7) is 0.187. The van der Waals surface area contributed by atoms with Crippen LogP contribution in [0, 0.1) is 0 Å². The van der Waals surface area contributed by atoms with Crippen LogP contribution in [-0.4, -0.2) is 27.0 Å². The smallest absolute Gasteiger partial charge is 0.150 e. The molecule has 2 N–H and O–H groups in total. The standard InChI is InChI=1S/C13H19NO3S/c1-18(15,16)8-7-17-11-6-5-10-3-2-4-13(14)12(10)9-11/h5-6,9,13H,2-4,7-8,14H2,1H3/t13-/m1/s1. The van der Waals surface area contributed by atoms with E-state index < -0.39 is 9.84 Å². The van der Waals surface area contributed by atoms with Crippen LogP contribution in [-0.2, 0) is 16.3 Å². The second kappa shape index (κ2) is 5.28. The molecule has 1 atom stereocenters. The van der Waals surface area contributed by atoms with Gasteiger partial charge >= 0.3 is 0 Å². The van der Waals surface area contributed by atoms with Crippen molar-refractivity contribution in [2.45, 2.75) is 25.3 Å². The molecule has 0 amide bonds. The maximum atomic E-state index is 11.0. The van der Waals surface area contributed by atoms with Crippen LogP contribution in [0.4, 0.5) is 0 Å². The molecule has 1 aliphatic rings. The van der Waals surface area contributed by atoms with E-state index in [0.717, 1.165) is 24.8 Å². The molecule has 2 rings (SSSR count). The van der Waals surface area contributed by atoms with Crippen LogP contribution in [0.5, 0.6) is 5.75 Å². The highest BCUT2D eigenvalue weighted by Gasteiger charge is 2.17. The monoisotopic (exact) mass is 269 g/mol. The number of hydrogen-bond acceptors (Lipinski definition) is 4. The van der Waals surface area contributed by atoms with Crippen molar-refractivity contribution in [2.75, 3.05) is 18.6 Å². The van der Waals surface area contributed by atoms with Crippen molar-refractivity contribution in [3.8, 4) is 5.75 Å². The molecule has 5 heteroatoms. The van der Waals surface area contributed by atoms with Crippen molar-refractivity contribution in [3.63, 3.8) is 0 Å². The first kappa shape index (κ1) is 13.4. The molecule has 0 aromatic heterocycles. The van der Waals surface area contributed by atoms with Crippen molar-refractivity contribution in [1.29, 1.82) is 0 Å². The van der Waals surface area contributed by atoms with Gasteiger partial charge in [0.25, 0.3) is 0 Å². The Morgan fingerprint density at radius 1 is 1.44 bits per heavy atom. The summed E-state index contributed by atoms with van der Waals surface area (Å²) < 4.78 is 27.5. The fraction of sp³-hybridized carbons (Fsp3) is 0.538. The van der Waals surface area contributed by atoms with E-state index in [4.69, 9.17) is 10.5 Å². The van der Waals surface area contributed by atoms with Crippen LogP contribution in [0.1, 0.15) is 30.0 Å². The molecule has 0 spiro atoms. The highest BCUT2D eigenvalue weighted by Crippen LogP contribution is 2.30. The molecule has 4 nitrogen and oxygen atoms in total. The van der Waals surface area contributed by atoms with Gasteiger partial charge < -0.3 is 10.5 Å². The fourth-order valence-corrected chi connectivity index (χ4v) is 2.60. The molecule has 0 heterocycles. The van der Waals surface area contributed by atoms with Gasteiger partial charge in [-0.2, -0.15) is 0 Å². The average Bonchev–Trinajstić information content (AvgIpc) is 2.28. The minimum atomic E-state index is -2.97. The lowest BCUT2D eigenvalue weighted by atomic mass is 9.88. The maximum absolute atomic E-state index is 11.0. The quantitative estimate of drug-likeness (QED) is 0.898. The summed E-state index contributed by atoms with van der Waals surface area (Å²) >= 11 is 0. The molecule has 100 valence electrons. The van der Waals surface area contributed by atoms with Crippen LogP contribution in [0.3, 0.4) is 0 Å². The van der Waals surface area contributed by atoms with E-state index >= 15 is 0 Å². The van der Waals surface area contributed by atoms with Crippen LogP contribution in [0.2, 0.25) is 0 Å². The molecule has 0 saturated carbocycles. The van der Waals surface area contributed by atoms with Gasteiger partial charge in [0.1, 0.15) is 12.4 Å². The molecule has 0 unspecified atom stereocenters. The van der Waals surface area contributed by atoms with Crippen molar-refractivity contribution < 1.29 is 13.2 Å². The lowest BCUT2D eigenvalue weighted by Gasteiger charge is -2.22. The molecule has 0 radical (unpaired) electrons. The molecule has 0 fully saturated rings. The highest BCUT2D eigenvalue weighted by molar-refractivity contribution is 7.90. The lowest BCUT2D eigenvalue weighted by Crippen LogP contribution is -2.18. The molecular weight excluding hydrogens is 250 g/mol. The number of rotatable bonds is 4. The third-order valence-electron chi connectivity index (χ3n) is 3.20. The van der Waals surface area contributed by atoms with Gasteiger partial charge in [-0.15, -0.1) is 0 Å². The minimum Gasteiger partial charge on any atom is -0.493 e. The molecule has 1 aromatic rings.